The van der Waals surface area contributed by atoms with Crippen molar-refractivity contribution >= 4 is 39.1 Å². The number of Topliss-reactive ketones (excluding diaryl/α,β-unsaturated/α-hetero) is 1. The van der Waals surface area contributed by atoms with Gasteiger partial charge in [0.05, 0.1) is 18.2 Å². The number of rotatable bonds is 5. The minimum absolute atomic E-state index is 0.0559. The molecule has 0 aliphatic carbocycles. The number of hydrogen-bond donors (Lipinski definition) is 1. The summed E-state index contributed by atoms with van der Waals surface area (Å²) in [4.78, 5) is 27.7. The fourth-order valence-electron chi connectivity index (χ4n) is 3.70. The monoisotopic (exact) mass is 477 g/mol. The van der Waals surface area contributed by atoms with Gasteiger partial charge in [0.15, 0.2) is 0 Å². The Morgan fingerprint density at radius 3 is 2.39 bits per heavy atom. The molecule has 156 valence electrons. The minimum Gasteiger partial charge on any atom is -0.507 e. The van der Waals surface area contributed by atoms with E-state index < -0.39 is 17.7 Å². The Hall–Kier alpha value is -3.38. The van der Waals surface area contributed by atoms with E-state index in [1.54, 1.807) is 48.5 Å². The molecule has 5 nitrogen and oxygen atoms in total. The molecule has 1 aliphatic heterocycles. The second-order valence-electron chi connectivity index (χ2n) is 7.02. The zero-order valence-electron chi connectivity index (χ0n) is 16.8. The second-order valence-corrected chi connectivity index (χ2v) is 7.93. The Morgan fingerprint density at radius 1 is 1.00 bits per heavy atom. The molecule has 1 heterocycles. The first-order valence-corrected chi connectivity index (χ1v) is 10.6. The Balaban J connectivity index is 1.91. The van der Waals surface area contributed by atoms with E-state index in [-0.39, 0.29) is 11.3 Å². The molecule has 1 N–H and O–H groups in total. The number of amides is 1. The van der Waals surface area contributed by atoms with Gasteiger partial charge in [0.25, 0.3) is 11.7 Å². The first-order valence-electron chi connectivity index (χ1n) is 9.86. The molecule has 1 atom stereocenters. The largest absolute Gasteiger partial charge is 0.507 e. The van der Waals surface area contributed by atoms with Crippen molar-refractivity contribution < 1.29 is 19.4 Å². The third kappa shape index (κ3) is 3.99. The number of hydrogen-bond acceptors (Lipinski definition) is 4. The summed E-state index contributed by atoms with van der Waals surface area (Å²) >= 11 is 3.37. The van der Waals surface area contributed by atoms with Gasteiger partial charge in [-0.05, 0) is 36.8 Å². The second kappa shape index (κ2) is 8.78. The summed E-state index contributed by atoms with van der Waals surface area (Å²) in [5.74, 6) is -1.03. The highest BCUT2D eigenvalue weighted by Gasteiger charge is 2.47. The van der Waals surface area contributed by atoms with Gasteiger partial charge in [-0.15, -0.1) is 0 Å². The third-order valence-corrected chi connectivity index (χ3v) is 5.61. The zero-order chi connectivity index (χ0) is 22.0. The topological polar surface area (TPSA) is 66.8 Å². The molecule has 4 rings (SSSR count). The van der Waals surface area contributed by atoms with E-state index in [0.717, 1.165) is 10.0 Å². The van der Waals surface area contributed by atoms with Crippen LogP contribution in [0.4, 0.5) is 5.69 Å². The number of aliphatic hydroxyl groups is 1. The van der Waals surface area contributed by atoms with Crippen molar-refractivity contribution in [1.82, 2.24) is 0 Å². The van der Waals surface area contributed by atoms with Crippen molar-refractivity contribution in [2.75, 3.05) is 11.5 Å². The van der Waals surface area contributed by atoms with Crippen molar-refractivity contribution in [3.05, 3.63) is 100 Å². The van der Waals surface area contributed by atoms with Crippen molar-refractivity contribution in [1.29, 1.82) is 0 Å². The molecule has 1 aliphatic rings. The van der Waals surface area contributed by atoms with E-state index in [1.807, 2.05) is 37.3 Å². The lowest BCUT2D eigenvalue weighted by atomic mass is 9.95. The number of anilines is 1. The van der Waals surface area contributed by atoms with Crippen LogP contribution in [0, 0.1) is 0 Å². The van der Waals surface area contributed by atoms with Crippen LogP contribution in [-0.2, 0) is 9.59 Å². The normalized spacial score (nSPS) is 17.7. The summed E-state index contributed by atoms with van der Waals surface area (Å²) < 4.78 is 6.42. The SMILES string of the molecule is CCOc1cccc(N2C(=O)C(=O)/C(=C(/O)c3ccc(Br)cc3)C2c2ccccc2)c1. The van der Waals surface area contributed by atoms with Crippen LogP contribution in [0.15, 0.2) is 88.9 Å². The summed E-state index contributed by atoms with van der Waals surface area (Å²) in [5, 5.41) is 11.1. The van der Waals surface area contributed by atoms with Crippen molar-refractivity contribution in [2.24, 2.45) is 0 Å². The lowest BCUT2D eigenvalue weighted by Crippen LogP contribution is -2.29. The van der Waals surface area contributed by atoms with Crippen molar-refractivity contribution in [2.45, 2.75) is 13.0 Å². The van der Waals surface area contributed by atoms with Gasteiger partial charge in [-0.2, -0.15) is 0 Å². The Labute approximate surface area is 188 Å². The van der Waals surface area contributed by atoms with E-state index in [4.69, 9.17) is 4.74 Å². The molecule has 3 aromatic carbocycles. The maximum Gasteiger partial charge on any atom is 0.300 e. The summed E-state index contributed by atoms with van der Waals surface area (Å²) in [6.45, 7) is 2.36. The maximum absolute atomic E-state index is 13.1. The number of ketones is 1. The molecule has 3 aromatic rings. The van der Waals surface area contributed by atoms with Gasteiger partial charge in [-0.1, -0.05) is 64.5 Å². The molecule has 31 heavy (non-hydrogen) atoms. The molecule has 0 saturated carbocycles. The lowest BCUT2D eigenvalue weighted by Gasteiger charge is -2.25. The minimum atomic E-state index is -0.762. The number of carbonyl (C=O) groups is 2. The third-order valence-electron chi connectivity index (χ3n) is 5.08. The Kier molecular flexibility index (Phi) is 5.91. The van der Waals surface area contributed by atoms with Gasteiger partial charge in [0, 0.05) is 21.8 Å². The van der Waals surface area contributed by atoms with Gasteiger partial charge in [-0.3, -0.25) is 14.5 Å². The van der Waals surface area contributed by atoms with Gasteiger partial charge in [-0.25, -0.2) is 0 Å². The average molecular weight is 478 g/mol. The molecule has 1 saturated heterocycles. The van der Waals surface area contributed by atoms with E-state index in [9.17, 15) is 14.7 Å². The number of benzene rings is 3. The molecule has 0 aromatic heterocycles. The first kappa shape index (κ1) is 20.9. The maximum atomic E-state index is 13.1. The van der Waals surface area contributed by atoms with E-state index in [1.165, 1.54) is 4.90 Å². The first-order chi connectivity index (χ1) is 15.0. The zero-order valence-corrected chi connectivity index (χ0v) is 18.4. The van der Waals surface area contributed by atoms with Crippen LogP contribution in [-0.4, -0.2) is 23.4 Å². The predicted molar refractivity (Wildman–Crippen MR) is 123 cm³/mol. The number of carbonyl (C=O) groups excluding carboxylic acids is 2. The fourth-order valence-corrected chi connectivity index (χ4v) is 3.97. The molecule has 0 spiro atoms. The van der Waals surface area contributed by atoms with E-state index in [2.05, 4.69) is 15.9 Å². The van der Waals surface area contributed by atoms with Crippen LogP contribution < -0.4 is 9.64 Å². The van der Waals surface area contributed by atoms with Crippen LogP contribution in [0.25, 0.3) is 5.76 Å². The molecular weight excluding hydrogens is 458 g/mol. The highest BCUT2D eigenvalue weighted by atomic mass is 79.9. The van der Waals surface area contributed by atoms with Gasteiger partial charge in [0.2, 0.25) is 0 Å². The molecule has 0 radical (unpaired) electrons. The van der Waals surface area contributed by atoms with E-state index >= 15 is 0 Å². The molecule has 1 amide bonds. The highest BCUT2D eigenvalue weighted by Crippen LogP contribution is 2.42. The molecule has 6 heteroatoms. The summed E-state index contributed by atoms with van der Waals surface area (Å²) in [5.41, 5.74) is 1.77. The van der Waals surface area contributed by atoms with E-state index in [0.29, 0.717) is 23.6 Å². The van der Waals surface area contributed by atoms with Crippen LogP contribution in [0.5, 0.6) is 5.75 Å². The molecule has 0 bridgehead atoms. The van der Waals surface area contributed by atoms with Gasteiger partial charge < -0.3 is 9.84 Å². The van der Waals surface area contributed by atoms with Crippen LogP contribution in [0.3, 0.4) is 0 Å². The summed E-state index contributed by atoms with van der Waals surface area (Å²) in [6.07, 6.45) is 0. The fraction of sp³-hybridized carbons (Fsp3) is 0.120. The van der Waals surface area contributed by atoms with Gasteiger partial charge in [0.1, 0.15) is 11.5 Å². The number of aliphatic hydroxyl groups excluding tert-OH is 1. The van der Waals surface area contributed by atoms with Crippen LogP contribution in [0.1, 0.15) is 24.1 Å². The summed E-state index contributed by atoms with van der Waals surface area (Å²) in [6, 6.07) is 22.4. The standard InChI is InChI=1S/C25H20BrNO4/c1-2-31-20-10-6-9-19(15-20)27-22(16-7-4-3-5-8-16)21(24(29)25(27)30)23(28)17-11-13-18(26)14-12-17/h3-15,22,28H,2H2,1H3/b23-21+. The Morgan fingerprint density at radius 2 is 1.71 bits per heavy atom. The lowest BCUT2D eigenvalue weighted by molar-refractivity contribution is -0.132. The Bertz CT molecular complexity index is 1160. The molecule has 1 fully saturated rings. The van der Waals surface area contributed by atoms with Crippen LogP contribution in [0.2, 0.25) is 0 Å². The smallest absolute Gasteiger partial charge is 0.300 e. The number of ether oxygens (including phenoxy) is 1. The van der Waals surface area contributed by atoms with Gasteiger partial charge >= 0.3 is 0 Å². The number of halogens is 1. The van der Waals surface area contributed by atoms with Crippen molar-refractivity contribution in [3.8, 4) is 5.75 Å². The quantitative estimate of drug-likeness (QED) is 0.300. The predicted octanol–water partition coefficient (Wildman–Crippen LogP) is 5.47. The highest BCUT2D eigenvalue weighted by molar-refractivity contribution is 9.10. The van der Waals surface area contributed by atoms with Crippen LogP contribution >= 0.6 is 15.9 Å². The summed E-state index contributed by atoms with van der Waals surface area (Å²) in [7, 11) is 0. The molecule has 1 unspecified atom stereocenters. The number of nitrogens with zero attached hydrogens (tertiary/aromatic N) is 1. The average Bonchev–Trinajstić information content (AvgIpc) is 3.05. The van der Waals surface area contributed by atoms with Crippen molar-refractivity contribution in [3.63, 3.8) is 0 Å². The molecular formula is C25H20BrNO4.